The summed E-state index contributed by atoms with van der Waals surface area (Å²) in [6.07, 6.45) is 0. The summed E-state index contributed by atoms with van der Waals surface area (Å²) in [6, 6.07) is 10.7. The highest BCUT2D eigenvalue weighted by Crippen LogP contribution is 2.42. The van der Waals surface area contributed by atoms with Crippen LogP contribution in [-0.2, 0) is 4.79 Å². The number of fused-ring (bicyclic) bond motifs is 1. The van der Waals surface area contributed by atoms with E-state index in [0.717, 1.165) is 16.8 Å². The average molecular weight is 485 g/mol. The van der Waals surface area contributed by atoms with Crippen molar-refractivity contribution in [3.05, 3.63) is 63.3 Å². The van der Waals surface area contributed by atoms with E-state index in [1.807, 2.05) is 50.2 Å². The number of hydrogen-bond acceptors (Lipinski definition) is 7. The van der Waals surface area contributed by atoms with Crippen molar-refractivity contribution in [3.63, 3.8) is 0 Å². The number of aromatic nitrogens is 4. The van der Waals surface area contributed by atoms with Crippen molar-refractivity contribution in [1.82, 2.24) is 20.2 Å². The van der Waals surface area contributed by atoms with Crippen molar-refractivity contribution in [2.24, 2.45) is 0 Å². The van der Waals surface area contributed by atoms with Gasteiger partial charge < -0.3 is 20.1 Å². The predicted octanol–water partition coefficient (Wildman–Crippen LogP) is 3.69. The van der Waals surface area contributed by atoms with E-state index in [1.165, 1.54) is 0 Å². The summed E-state index contributed by atoms with van der Waals surface area (Å²) >= 11 is 3.53. The predicted molar refractivity (Wildman–Crippen MR) is 119 cm³/mol. The Labute approximate surface area is 187 Å². The van der Waals surface area contributed by atoms with E-state index >= 15 is 0 Å². The van der Waals surface area contributed by atoms with Gasteiger partial charge in [-0.3, -0.25) is 4.79 Å². The van der Waals surface area contributed by atoms with Gasteiger partial charge in [-0.15, -0.1) is 0 Å². The highest BCUT2D eigenvalue weighted by Gasteiger charge is 2.35. The van der Waals surface area contributed by atoms with Crippen LogP contribution in [0.3, 0.4) is 0 Å². The van der Waals surface area contributed by atoms with Crippen LogP contribution in [0.4, 0.5) is 11.6 Å². The third-order valence-electron chi connectivity index (χ3n) is 5.12. The maximum Gasteiger partial charge on any atom is 0.255 e. The fraction of sp³-hybridized carbons (Fsp3) is 0.238. The standard InChI is InChI=1S/C21H21BrN6O3/c1-11-7-5-6-8-15(11)24-20(29)17-12(2)23-21-25-26-27-28(21)18(17)13-9-14(22)19(31-4)16(10-13)30-3/h5-10,18H,1-4H3,(H,24,29)(H,23,25,27). The molecule has 2 aromatic carbocycles. The van der Waals surface area contributed by atoms with Gasteiger partial charge in [-0.05, 0) is 69.5 Å². The Morgan fingerprint density at radius 2 is 1.97 bits per heavy atom. The van der Waals surface area contributed by atoms with Gasteiger partial charge in [-0.2, -0.15) is 4.68 Å². The van der Waals surface area contributed by atoms with E-state index in [1.54, 1.807) is 18.9 Å². The minimum Gasteiger partial charge on any atom is -0.493 e. The molecule has 2 heterocycles. The number of aryl methyl sites for hydroxylation is 1. The molecule has 160 valence electrons. The van der Waals surface area contributed by atoms with Crippen LogP contribution in [0, 0.1) is 6.92 Å². The maximum absolute atomic E-state index is 13.4. The Balaban J connectivity index is 1.83. The number of para-hydroxylation sites is 1. The van der Waals surface area contributed by atoms with Crippen molar-refractivity contribution < 1.29 is 14.3 Å². The number of tetrazole rings is 1. The highest BCUT2D eigenvalue weighted by atomic mass is 79.9. The second kappa shape index (κ2) is 8.38. The molecular formula is C21H21BrN6O3. The molecule has 1 unspecified atom stereocenters. The van der Waals surface area contributed by atoms with Gasteiger partial charge in [0.2, 0.25) is 5.95 Å². The van der Waals surface area contributed by atoms with Gasteiger partial charge >= 0.3 is 0 Å². The Morgan fingerprint density at radius 1 is 1.19 bits per heavy atom. The SMILES string of the molecule is COc1cc(C2C(C(=O)Nc3ccccc3C)=C(C)Nc3nnnn32)cc(Br)c1OC. The number of nitrogens with zero attached hydrogens (tertiary/aromatic N) is 4. The largest absolute Gasteiger partial charge is 0.493 e. The molecular weight excluding hydrogens is 464 g/mol. The van der Waals surface area contributed by atoms with Gasteiger partial charge in [0.05, 0.1) is 24.3 Å². The Bertz CT molecular complexity index is 1190. The Hall–Kier alpha value is -3.40. The second-order valence-electron chi connectivity index (χ2n) is 7.02. The molecule has 1 atom stereocenters. The lowest BCUT2D eigenvalue weighted by molar-refractivity contribution is -0.113. The lowest BCUT2D eigenvalue weighted by atomic mass is 9.94. The lowest BCUT2D eigenvalue weighted by Gasteiger charge is -2.28. The van der Waals surface area contributed by atoms with Crippen LogP contribution in [0.15, 0.2) is 52.1 Å². The molecule has 31 heavy (non-hydrogen) atoms. The normalized spacial score (nSPS) is 15.2. The third kappa shape index (κ3) is 3.74. The summed E-state index contributed by atoms with van der Waals surface area (Å²) in [5.74, 6) is 1.28. The Morgan fingerprint density at radius 3 is 2.68 bits per heavy atom. The van der Waals surface area contributed by atoms with Crippen LogP contribution >= 0.6 is 15.9 Å². The van der Waals surface area contributed by atoms with Gasteiger partial charge in [0, 0.05) is 11.4 Å². The van der Waals surface area contributed by atoms with Gasteiger partial charge in [0.15, 0.2) is 11.5 Å². The molecule has 2 N–H and O–H groups in total. The molecule has 0 saturated heterocycles. The molecule has 0 spiro atoms. The van der Waals surface area contributed by atoms with Gasteiger partial charge in [-0.1, -0.05) is 23.3 Å². The van der Waals surface area contributed by atoms with Gasteiger partial charge in [0.25, 0.3) is 5.91 Å². The molecule has 10 heteroatoms. The van der Waals surface area contributed by atoms with E-state index < -0.39 is 6.04 Å². The molecule has 0 saturated carbocycles. The molecule has 9 nitrogen and oxygen atoms in total. The number of rotatable bonds is 5. The first-order valence-corrected chi connectivity index (χ1v) is 10.3. The number of carbonyl (C=O) groups excluding carboxylic acids is 1. The van der Waals surface area contributed by atoms with Crippen LogP contribution in [-0.4, -0.2) is 40.3 Å². The topological polar surface area (TPSA) is 103 Å². The van der Waals surface area contributed by atoms with Crippen molar-refractivity contribution >= 4 is 33.5 Å². The van der Waals surface area contributed by atoms with Gasteiger partial charge in [-0.25, -0.2) is 0 Å². The van der Waals surface area contributed by atoms with Crippen molar-refractivity contribution in [2.75, 3.05) is 24.9 Å². The number of ether oxygens (including phenoxy) is 2. The first-order valence-electron chi connectivity index (χ1n) is 9.48. The monoisotopic (exact) mass is 484 g/mol. The zero-order chi connectivity index (χ0) is 22.1. The summed E-state index contributed by atoms with van der Waals surface area (Å²) in [4.78, 5) is 13.4. The van der Waals surface area contributed by atoms with E-state index in [0.29, 0.717) is 33.2 Å². The van der Waals surface area contributed by atoms with Crippen molar-refractivity contribution in [1.29, 1.82) is 0 Å². The van der Waals surface area contributed by atoms with E-state index in [9.17, 15) is 4.79 Å². The molecule has 4 rings (SSSR count). The number of allylic oxidation sites excluding steroid dienone is 1. The molecule has 0 bridgehead atoms. The zero-order valence-corrected chi connectivity index (χ0v) is 19.0. The number of nitrogens with one attached hydrogen (secondary N) is 2. The first kappa shape index (κ1) is 20.9. The summed E-state index contributed by atoms with van der Waals surface area (Å²) in [5.41, 5.74) is 3.61. The number of amides is 1. The number of methoxy groups -OCH3 is 2. The second-order valence-corrected chi connectivity index (χ2v) is 7.87. The van der Waals surface area contributed by atoms with Crippen LogP contribution in [0.1, 0.15) is 24.1 Å². The quantitative estimate of drug-likeness (QED) is 0.568. The molecule has 0 fully saturated rings. The average Bonchev–Trinajstić information content (AvgIpc) is 3.21. The number of hydrogen-bond donors (Lipinski definition) is 2. The lowest BCUT2D eigenvalue weighted by Crippen LogP contribution is -2.31. The van der Waals surface area contributed by atoms with Crippen LogP contribution < -0.4 is 20.1 Å². The molecule has 1 amide bonds. The summed E-state index contributed by atoms with van der Waals surface area (Å²) in [7, 11) is 3.13. The minimum absolute atomic E-state index is 0.253. The molecule has 1 aromatic heterocycles. The smallest absolute Gasteiger partial charge is 0.255 e. The number of halogens is 1. The van der Waals surface area contributed by atoms with E-state index in [2.05, 4.69) is 42.1 Å². The fourth-order valence-corrected chi connectivity index (χ4v) is 4.23. The molecule has 3 aromatic rings. The minimum atomic E-state index is -0.577. The van der Waals surface area contributed by atoms with E-state index in [-0.39, 0.29) is 5.91 Å². The summed E-state index contributed by atoms with van der Waals surface area (Å²) < 4.78 is 13.2. The number of benzene rings is 2. The molecule has 1 aliphatic heterocycles. The number of carbonyl (C=O) groups is 1. The molecule has 0 radical (unpaired) electrons. The van der Waals surface area contributed by atoms with Crippen LogP contribution in [0.5, 0.6) is 11.5 Å². The summed E-state index contributed by atoms with van der Waals surface area (Å²) in [5, 5.41) is 18.1. The van der Waals surface area contributed by atoms with Gasteiger partial charge in [0.1, 0.15) is 6.04 Å². The maximum atomic E-state index is 13.4. The van der Waals surface area contributed by atoms with E-state index in [4.69, 9.17) is 9.47 Å². The Kier molecular flexibility index (Phi) is 5.64. The van der Waals surface area contributed by atoms with Crippen molar-refractivity contribution in [3.8, 4) is 11.5 Å². The first-order chi connectivity index (χ1) is 14.9. The molecule has 0 aliphatic carbocycles. The molecule has 1 aliphatic rings. The third-order valence-corrected chi connectivity index (χ3v) is 5.71. The fourth-order valence-electron chi connectivity index (χ4n) is 3.61. The highest BCUT2D eigenvalue weighted by molar-refractivity contribution is 9.10. The van der Waals surface area contributed by atoms with Crippen molar-refractivity contribution in [2.45, 2.75) is 19.9 Å². The number of anilines is 2. The zero-order valence-electron chi connectivity index (χ0n) is 17.4. The van der Waals surface area contributed by atoms with Crippen LogP contribution in [0.2, 0.25) is 0 Å². The summed E-state index contributed by atoms with van der Waals surface area (Å²) in [6.45, 7) is 3.77. The van der Waals surface area contributed by atoms with Crippen LogP contribution in [0.25, 0.3) is 0 Å².